The molecule has 2 amide bonds. The predicted octanol–water partition coefficient (Wildman–Crippen LogP) is 3.09. The van der Waals surface area contributed by atoms with E-state index in [2.05, 4.69) is 5.32 Å². The zero-order valence-corrected chi connectivity index (χ0v) is 14.9. The number of carbonyl (C=O) groups excluding carboxylic acids is 2. The number of para-hydroxylation sites is 2. The Labute approximate surface area is 152 Å². The van der Waals surface area contributed by atoms with Crippen molar-refractivity contribution in [3.05, 3.63) is 48.5 Å². The highest BCUT2D eigenvalue weighted by molar-refractivity contribution is 6.03. The summed E-state index contributed by atoms with van der Waals surface area (Å²) in [5.74, 6) is 0.705. The monoisotopic (exact) mass is 354 g/mol. The van der Waals surface area contributed by atoms with Crippen LogP contribution in [0.5, 0.6) is 11.5 Å². The van der Waals surface area contributed by atoms with Gasteiger partial charge in [0.15, 0.2) is 0 Å². The molecule has 1 saturated heterocycles. The third kappa shape index (κ3) is 3.79. The van der Waals surface area contributed by atoms with E-state index in [0.29, 0.717) is 24.6 Å². The van der Waals surface area contributed by atoms with Gasteiger partial charge in [0.2, 0.25) is 11.8 Å². The number of ether oxygens (including phenoxy) is 2. The van der Waals surface area contributed by atoms with E-state index in [9.17, 15) is 9.59 Å². The van der Waals surface area contributed by atoms with Gasteiger partial charge in [-0.1, -0.05) is 12.1 Å². The molecule has 0 bridgehead atoms. The number of nitrogens with one attached hydrogen (secondary N) is 1. The van der Waals surface area contributed by atoms with Crippen molar-refractivity contribution in [3.8, 4) is 11.5 Å². The second-order valence-electron chi connectivity index (χ2n) is 6.02. The summed E-state index contributed by atoms with van der Waals surface area (Å²) >= 11 is 0. The highest BCUT2D eigenvalue weighted by atomic mass is 16.5. The first-order chi connectivity index (χ1) is 12.6. The quantitative estimate of drug-likeness (QED) is 0.866. The number of amides is 2. The molecule has 26 heavy (non-hydrogen) atoms. The number of rotatable bonds is 6. The van der Waals surface area contributed by atoms with Crippen molar-refractivity contribution in [2.75, 3.05) is 30.5 Å². The molecule has 1 heterocycles. The van der Waals surface area contributed by atoms with Crippen molar-refractivity contribution in [2.45, 2.75) is 13.3 Å². The first kappa shape index (κ1) is 17.8. The molecule has 0 spiro atoms. The molecular weight excluding hydrogens is 332 g/mol. The largest absolute Gasteiger partial charge is 0.497 e. The second-order valence-corrected chi connectivity index (χ2v) is 6.02. The van der Waals surface area contributed by atoms with Crippen LogP contribution in [0.25, 0.3) is 0 Å². The highest BCUT2D eigenvalue weighted by Crippen LogP contribution is 2.29. The van der Waals surface area contributed by atoms with Gasteiger partial charge in [-0.05, 0) is 43.3 Å². The zero-order valence-electron chi connectivity index (χ0n) is 14.9. The topological polar surface area (TPSA) is 67.9 Å². The normalized spacial score (nSPS) is 16.5. The molecule has 1 atom stereocenters. The van der Waals surface area contributed by atoms with Gasteiger partial charge >= 0.3 is 0 Å². The fourth-order valence-corrected chi connectivity index (χ4v) is 2.98. The van der Waals surface area contributed by atoms with Crippen LogP contribution in [0.15, 0.2) is 48.5 Å². The van der Waals surface area contributed by atoms with Crippen LogP contribution >= 0.6 is 0 Å². The molecule has 2 aromatic rings. The Balaban J connectivity index is 1.69. The van der Waals surface area contributed by atoms with E-state index in [1.807, 2.05) is 37.3 Å². The van der Waals surface area contributed by atoms with E-state index in [1.165, 1.54) is 0 Å². The summed E-state index contributed by atoms with van der Waals surface area (Å²) in [4.78, 5) is 26.6. The fraction of sp³-hybridized carbons (Fsp3) is 0.300. The molecule has 136 valence electrons. The first-order valence-corrected chi connectivity index (χ1v) is 8.59. The predicted molar refractivity (Wildman–Crippen MR) is 99.7 cm³/mol. The highest BCUT2D eigenvalue weighted by Gasteiger charge is 2.35. The molecule has 6 nitrogen and oxygen atoms in total. The number of methoxy groups -OCH3 is 1. The number of benzene rings is 2. The summed E-state index contributed by atoms with van der Waals surface area (Å²) in [6.07, 6.45) is 0.189. The van der Waals surface area contributed by atoms with E-state index < -0.39 is 5.92 Å². The Morgan fingerprint density at radius 2 is 1.92 bits per heavy atom. The van der Waals surface area contributed by atoms with Gasteiger partial charge in [0, 0.05) is 18.7 Å². The molecule has 3 rings (SSSR count). The maximum absolute atomic E-state index is 12.6. The van der Waals surface area contributed by atoms with Gasteiger partial charge < -0.3 is 19.7 Å². The average Bonchev–Trinajstić information content (AvgIpc) is 3.05. The molecule has 1 aliphatic heterocycles. The summed E-state index contributed by atoms with van der Waals surface area (Å²) in [5.41, 5.74) is 1.38. The van der Waals surface area contributed by atoms with Crippen molar-refractivity contribution >= 4 is 23.2 Å². The molecule has 0 aliphatic carbocycles. The minimum Gasteiger partial charge on any atom is -0.497 e. The van der Waals surface area contributed by atoms with E-state index in [4.69, 9.17) is 9.47 Å². The Bertz CT molecular complexity index is 789. The maximum atomic E-state index is 12.6. The van der Waals surface area contributed by atoms with Crippen LogP contribution in [0.1, 0.15) is 13.3 Å². The first-order valence-electron chi connectivity index (χ1n) is 8.59. The van der Waals surface area contributed by atoms with E-state index in [1.54, 1.807) is 30.2 Å². The van der Waals surface area contributed by atoms with Crippen molar-refractivity contribution in [2.24, 2.45) is 5.92 Å². The standard InChI is InChI=1S/C20H22N2O4/c1-3-26-18-7-5-4-6-17(18)21-20(24)14-12-19(23)22(13-14)15-8-10-16(25-2)11-9-15/h4-11,14H,3,12-13H2,1-2H3,(H,21,24). The van der Waals surface area contributed by atoms with Gasteiger partial charge in [0.05, 0.1) is 25.3 Å². The molecule has 1 N–H and O–H groups in total. The number of hydrogen-bond donors (Lipinski definition) is 1. The van der Waals surface area contributed by atoms with Crippen LogP contribution < -0.4 is 19.7 Å². The summed E-state index contributed by atoms with van der Waals surface area (Å²) in [7, 11) is 1.59. The molecule has 0 saturated carbocycles. The molecule has 1 unspecified atom stereocenters. The lowest BCUT2D eigenvalue weighted by atomic mass is 10.1. The van der Waals surface area contributed by atoms with Gasteiger partial charge in [-0.25, -0.2) is 0 Å². The van der Waals surface area contributed by atoms with Gasteiger partial charge in [0.25, 0.3) is 0 Å². The van der Waals surface area contributed by atoms with Gasteiger partial charge in [-0.15, -0.1) is 0 Å². The molecule has 1 fully saturated rings. The number of anilines is 2. The average molecular weight is 354 g/mol. The Morgan fingerprint density at radius 3 is 2.62 bits per heavy atom. The van der Waals surface area contributed by atoms with Crippen molar-refractivity contribution in [1.82, 2.24) is 0 Å². The summed E-state index contributed by atoms with van der Waals surface area (Å²) < 4.78 is 10.7. The maximum Gasteiger partial charge on any atom is 0.229 e. The van der Waals surface area contributed by atoms with Crippen molar-refractivity contribution in [3.63, 3.8) is 0 Å². The molecular formula is C20H22N2O4. The summed E-state index contributed by atoms with van der Waals surface area (Å²) in [5, 5.41) is 2.89. The van der Waals surface area contributed by atoms with E-state index in [0.717, 1.165) is 11.4 Å². The van der Waals surface area contributed by atoms with E-state index in [-0.39, 0.29) is 18.2 Å². The minimum absolute atomic E-state index is 0.0617. The SMILES string of the molecule is CCOc1ccccc1NC(=O)C1CC(=O)N(c2ccc(OC)cc2)C1. The van der Waals surface area contributed by atoms with Crippen LogP contribution in [-0.4, -0.2) is 32.1 Å². The third-order valence-electron chi connectivity index (χ3n) is 4.32. The minimum atomic E-state index is -0.403. The molecule has 2 aromatic carbocycles. The molecule has 0 aromatic heterocycles. The zero-order chi connectivity index (χ0) is 18.5. The van der Waals surface area contributed by atoms with Crippen LogP contribution in [0.2, 0.25) is 0 Å². The van der Waals surface area contributed by atoms with Crippen LogP contribution in [-0.2, 0) is 9.59 Å². The molecule has 0 radical (unpaired) electrons. The Hall–Kier alpha value is -3.02. The number of carbonyl (C=O) groups is 2. The lowest BCUT2D eigenvalue weighted by Crippen LogP contribution is -2.28. The number of hydrogen-bond acceptors (Lipinski definition) is 4. The smallest absolute Gasteiger partial charge is 0.229 e. The molecule has 1 aliphatic rings. The van der Waals surface area contributed by atoms with Gasteiger partial charge in [0.1, 0.15) is 11.5 Å². The van der Waals surface area contributed by atoms with Crippen LogP contribution in [0, 0.1) is 5.92 Å². The fourth-order valence-electron chi connectivity index (χ4n) is 2.98. The Kier molecular flexibility index (Phi) is 5.41. The van der Waals surface area contributed by atoms with Gasteiger partial charge in [-0.3, -0.25) is 9.59 Å². The lowest BCUT2D eigenvalue weighted by Gasteiger charge is -2.17. The van der Waals surface area contributed by atoms with Crippen LogP contribution in [0.3, 0.4) is 0 Å². The Morgan fingerprint density at radius 1 is 1.19 bits per heavy atom. The van der Waals surface area contributed by atoms with Crippen LogP contribution in [0.4, 0.5) is 11.4 Å². The molecule has 6 heteroatoms. The number of nitrogens with zero attached hydrogens (tertiary/aromatic N) is 1. The summed E-state index contributed by atoms with van der Waals surface area (Å²) in [6, 6.07) is 14.5. The lowest BCUT2D eigenvalue weighted by molar-refractivity contribution is -0.122. The second kappa shape index (κ2) is 7.91. The van der Waals surface area contributed by atoms with Gasteiger partial charge in [-0.2, -0.15) is 0 Å². The summed E-state index contributed by atoms with van der Waals surface area (Å²) in [6.45, 7) is 2.76. The van der Waals surface area contributed by atoms with Crippen molar-refractivity contribution in [1.29, 1.82) is 0 Å². The third-order valence-corrected chi connectivity index (χ3v) is 4.32. The van der Waals surface area contributed by atoms with Crippen molar-refractivity contribution < 1.29 is 19.1 Å². The van der Waals surface area contributed by atoms with E-state index >= 15 is 0 Å².